The Bertz CT molecular complexity index is 976. The fraction of sp³-hybridized carbons (Fsp3) is 0.438. The molecule has 2 rings (SSSR count). The number of carbonyl (C=O) groups excluding carboxylic acids is 1. The smallest absolute Gasteiger partial charge is 0.475 e. The number of fused-ring (bicyclic) bond motifs is 1. The van der Waals surface area contributed by atoms with E-state index in [1.807, 2.05) is 0 Å². The first-order chi connectivity index (χ1) is 15.6. The summed E-state index contributed by atoms with van der Waals surface area (Å²) in [5, 5.41) is 17.9. The van der Waals surface area contributed by atoms with Crippen LogP contribution in [0.3, 0.4) is 0 Å². The first kappa shape index (κ1) is 26.3. The van der Waals surface area contributed by atoms with Gasteiger partial charge in [0.2, 0.25) is 6.10 Å². The molecule has 18 heteroatoms. The molecular weight excluding hydrogens is 494 g/mol. The third-order valence-corrected chi connectivity index (χ3v) is 3.88. The van der Waals surface area contributed by atoms with Gasteiger partial charge in [0.15, 0.2) is 0 Å². The number of nitrogens with zero attached hydrogens (tertiary/aromatic N) is 2. The molecule has 12 nitrogen and oxygen atoms in total. The van der Waals surface area contributed by atoms with Crippen LogP contribution in [0.1, 0.15) is 11.1 Å². The van der Waals surface area contributed by atoms with Gasteiger partial charge in [-0.3, -0.25) is 0 Å². The minimum absolute atomic E-state index is 0.189. The van der Waals surface area contributed by atoms with Crippen molar-refractivity contribution >= 4 is 12.0 Å². The van der Waals surface area contributed by atoms with Crippen molar-refractivity contribution in [2.45, 2.75) is 31.7 Å². The molecular formula is C16H12F6N2O10. The summed E-state index contributed by atoms with van der Waals surface area (Å²) in [4.78, 5) is 40.8. The Hall–Kier alpha value is -3.99. The lowest BCUT2D eigenvalue weighted by atomic mass is 9.98. The van der Waals surface area contributed by atoms with E-state index in [0.29, 0.717) is 12.1 Å². The summed E-state index contributed by atoms with van der Waals surface area (Å²) in [5.41, 5.74) is -1.87. The monoisotopic (exact) mass is 506 g/mol. The van der Waals surface area contributed by atoms with Gasteiger partial charge in [-0.15, -0.1) is 33.4 Å². The van der Waals surface area contributed by atoms with Crippen LogP contribution in [0.4, 0.5) is 26.3 Å². The molecule has 0 bridgehead atoms. The number of rotatable bonds is 9. The fourth-order valence-electron chi connectivity index (χ4n) is 2.69. The van der Waals surface area contributed by atoms with Crippen LogP contribution in [0.25, 0.3) is 6.08 Å². The van der Waals surface area contributed by atoms with Crippen molar-refractivity contribution in [2.24, 2.45) is 0 Å². The van der Waals surface area contributed by atoms with Crippen LogP contribution in [-0.2, 0) is 19.2 Å². The van der Waals surface area contributed by atoms with Crippen molar-refractivity contribution in [3.63, 3.8) is 0 Å². The fourth-order valence-corrected chi connectivity index (χ4v) is 2.69. The van der Waals surface area contributed by atoms with Gasteiger partial charge in [0.05, 0.1) is 5.57 Å². The Balaban J connectivity index is 2.42. The summed E-state index contributed by atoms with van der Waals surface area (Å²) in [6.07, 6.45) is -14.7. The maximum Gasteiger partial charge on any atom is 0.573 e. The number of ether oxygens (including phenoxy) is 3. The lowest BCUT2D eigenvalue weighted by molar-refractivity contribution is -0.768. The zero-order valence-corrected chi connectivity index (χ0v) is 16.5. The standard InChI is InChI=1S/C16H12F6N2O10/c1-7-2-9(34-16(20,21)22)3-8-4-11(13(15(17,18)19)33-12(7)8)14(25)32-10(5-30-23(26)27)6-31-24(28)29/h2-4,10,13H,5-6H2,1H3/t13-/m0/s1. The van der Waals surface area contributed by atoms with Crippen molar-refractivity contribution in [3.8, 4) is 11.5 Å². The Morgan fingerprint density at radius 1 is 1.09 bits per heavy atom. The number of halogens is 6. The maximum atomic E-state index is 13.5. The Labute approximate surface area is 183 Å². The molecule has 0 aliphatic carbocycles. The van der Waals surface area contributed by atoms with Gasteiger partial charge < -0.3 is 23.9 Å². The molecule has 1 atom stereocenters. The quantitative estimate of drug-likeness (QED) is 0.212. The van der Waals surface area contributed by atoms with E-state index in [1.165, 1.54) is 0 Å². The van der Waals surface area contributed by atoms with Crippen LogP contribution >= 0.6 is 0 Å². The number of carbonyl (C=O) groups is 1. The summed E-state index contributed by atoms with van der Waals surface area (Å²) in [6, 6.07) is 1.41. The largest absolute Gasteiger partial charge is 0.573 e. The van der Waals surface area contributed by atoms with E-state index in [4.69, 9.17) is 4.74 Å². The molecule has 0 radical (unpaired) electrons. The summed E-state index contributed by atoms with van der Waals surface area (Å²) in [5.74, 6) is -3.13. The molecule has 0 spiro atoms. The molecule has 0 N–H and O–H groups in total. The van der Waals surface area contributed by atoms with Crippen molar-refractivity contribution in [3.05, 3.63) is 49.1 Å². The average molecular weight is 506 g/mol. The van der Waals surface area contributed by atoms with E-state index in [-0.39, 0.29) is 5.56 Å². The molecule has 1 aliphatic rings. The molecule has 1 aromatic rings. The first-order valence-corrected chi connectivity index (χ1v) is 8.67. The predicted octanol–water partition coefficient (Wildman–Crippen LogP) is 2.93. The van der Waals surface area contributed by atoms with E-state index < -0.39 is 76.7 Å². The number of hydrogen-bond donors (Lipinski definition) is 0. The molecule has 0 unspecified atom stereocenters. The van der Waals surface area contributed by atoms with Gasteiger partial charge in [-0.2, -0.15) is 13.2 Å². The van der Waals surface area contributed by atoms with Crippen molar-refractivity contribution < 1.29 is 65.2 Å². The van der Waals surface area contributed by atoms with Crippen molar-refractivity contribution in [1.82, 2.24) is 0 Å². The van der Waals surface area contributed by atoms with Gasteiger partial charge in [0.1, 0.15) is 30.8 Å². The van der Waals surface area contributed by atoms with Crippen molar-refractivity contribution in [1.29, 1.82) is 0 Å². The predicted molar refractivity (Wildman–Crippen MR) is 92.1 cm³/mol. The van der Waals surface area contributed by atoms with Crippen LogP contribution in [0, 0.1) is 27.2 Å². The summed E-state index contributed by atoms with van der Waals surface area (Å²) >= 11 is 0. The van der Waals surface area contributed by atoms with Gasteiger partial charge >= 0.3 is 18.5 Å². The maximum absolute atomic E-state index is 13.5. The molecule has 0 saturated heterocycles. The molecule has 188 valence electrons. The van der Waals surface area contributed by atoms with E-state index in [1.54, 1.807) is 0 Å². The summed E-state index contributed by atoms with van der Waals surface area (Å²) in [6.45, 7) is -1.15. The summed E-state index contributed by atoms with van der Waals surface area (Å²) in [7, 11) is 0. The second-order valence-electron chi connectivity index (χ2n) is 6.41. The number of benzene rings is 1. The number of alkyl halides is 6. The van der Waals surface area contributed by atoms with Gasteiger partial charge in [-0.05, 0) is 30.7 Å². The topological polar surface area (TPSA) is 150 Å². The second kappa shape index (κ2) is 9.87. The first-order valence-electron chi connectivity index (χ1n) is 8.67. The zero-order chi connectivity index (χ0) is 25.8. The SMILES string of the molecule is Cc1cc(OC(F)(F)F)cc2c1O[C@H](C(F)(F)F)C(C(=O)OC(CO[N+](=O)[O-])CO[N+](=O)[O-])=C2. The Morgan fingerprint density at radius 3 is 2.12 bits per heavy atom. The number of hydrogen-bond acceptors (Lipinski definition) is 10. The molecule has 0 saturated carbocycles. The van der Waals surface area contributed by atoms with Crippen molar-refractivity contribution in [2.75, 3.05) is 13.2 Å². The summed E-state index contributed by atoms with van der Waals surface area (Å²) < 4.78 is 91.4. The second-order valence-corrected chi connectivity index (χ2v) is 6.41. The average Bonchev–Trinajstić information content (AvgIpc) is 2.66. The highest BCUT2D eigenvalue weighted by Gasteiger charge is 2.49. The Morgan fingerprint density at radius 2 is 1.65 bits per heavy atom. The molecule has 0 amide bonds. The van der Waals surface area contributed by atoms with Gasteiger partial charge in [0, 0.05) is 5.56 Å². The minimum Gasteiger partial charge on any atom is -0.475 e. The molecule has 34 heavy (non-hydrogen) atoms. The van der Waals surface area contributed by atoms with Crippen LogP contribution in [0.2, 0.25) is 0 Å². The molecule has 0 aromatic heterocycles. The van der Waals surface area contributed by atoms with Crippen LogP contribution in [0.15, 0.2) is 17.7 Å². The van der Waals surface area contributed by atoms with Crippen LogP contribution < -0.4 is 9.47 Å². The zero-order valence-electron chi connectivity index (χ0n) is 16.5. The van der Waals surface area contributed by atoms with Gasteiger partial charge in [0.25, 0.3) is 10.2 Å². The normalized spacial score (nSPS) is 15.5. The van der Waals surface area contributed by atoms with E-state index in [0.717, 1.165) is 13.0 Å². The van der Waals surface area contributed by atoms with E-state index in [2.05, 4.69) is 19.1 Å². The molecule has 0 fully saturated rings. The number of aryl methyl sites for hydroxylation is 1. The molecule has 1 aliphatic heterocycles. The lowest BCUT2D eigenvalue weighted by Crippen LogP contribution is -2.42. The highest BCUT2D eigenvalue weighted by atomic mass is 19.4. The van der Waals surface area contributed by atoms with Gasteiger partial charge in [-0.25, -0.2) is 4.79 Å². The number of esters is 1. The van der Waals surface area contributed by atoms with Crippen LogP contribution in [0.5, 0.6) is 11.5 Å². The lowest BCUT2D eigenvalue weighted by Gasteiger charge is -2.29. The molecule has 1 aromatic carbocycles. The third kappa shape index (κ3) is 7.27. The minimum atomic E-state index is -5.22. The van der Waals surface area contributed by atoms with E-state index >= 15 is 0 Å². The third-order valence-electron chi connectivity index (χ3n) is 3.88. The molecule has 1 heterocycles. The highest BCUT2D eigenvalue weighted by Crippen LogP contribution is 2.41. The van der Waals surface area contributed by atoms with Gasteiger partial charge in [-0.1, -0.05) is 0 Å². The Kier molecular flexibility index (Phi) is 7.63. The highest BCUT2D eigenvalue weighted by molar-refractivity contribution is 5.96. The van der Waals surface area contributed by atoms with E-state index in [9.17, 15) is 51.4 Å². The van der Waals surface area contributed by atoms with Crippen LogP contribution in [-0.4, -0.2) is 54.1 Å².